The largest absolute Gasteiger partial charge is 0.469 e. The van der Waals surface area contributed by atoms with E-state index in [1.165, 1.54) is 11.1 Å². The van der Waals surface area contributed by atoms with E-state index >= 15 is 0 Å². The maximum Gasteiger partial charge on any atom is 0.105 e. The van der Waals surface area contributed by atoms with Crippen LogP contribution < -0.4 is 5.32 Å². The highest BCUT2D eigenvalue weighted by Crippen LogP contribution is 2.23. The first-order valence-electron chi connectivity index (χ1n) is 6.72. The summed E-state index contributed by atoms with van der Waals surface area (Å²) in [5.41, 5.74) is 2.40. The Kier molecular flexibility index (Phi) is 5.06. The molecule has 0 fully saturated rings. The molecule has 1 N–H and O–H groups in total. The van der Waals surface area contributed by atoms with Crippen molar-refractivity contribution in [1.29, 1.82) is 0 Å². The van der Waals surface area contributed by atoms with Gasteiger partial charge in [0, 0.05) is 17.5 Å². The Hall–Kier alpha value is -1.25. The van der Waals surface area contributed by atoms with Crippen LogP contribution in [0.15, 0.2) is 41.0 Å². The summed E-state index contributed by atoms with van der Waals surface area (Å²) in [6.07, 6.45) is 3.66. The zero-order chi connectivity index (χ0) is 13.7. The van der Waals surface area contributed by atoms with Crippen LogP contribution >= 0.6 is 11.6 Å². The topological polar surface area (TPSA) is 25.2 Å². The van der Waals surface area contributed by atoms with Crippen LogP contribution in [0.2, 0.25) is 5.02 Å². The quantitative estimate of drug-likeness (QED) is 0.839. The van der Waals surface area contributed by atoms with E-state index in [0.29, 0.717) is 0 Å². The Morgan fingerprint density at radius 3 is 2.79 bits per heavy atom. The first-order valence-corrected chi connectivity index (χ1v) is 7.09. The van der Waals surface area contributed by atoms with Crippen molar-refractivity contribution in [2.45, 2.75) is 32.7 Å². The standard InChI is InChI=1S/C16H20ClNO/c1-3-6-18-16(11-15-5-4-7-19-15)13-8-12(2)9-14(17)10-13/h4-5,7-10,16,18H,3,6,11H2,1-2H3. The minimum atomic E-state index is 0.239. The molecule has 2 aromatic rings. The molecule has 2 nitrogen and oxygen atoms in total. The van der Waals surface area contributed by atoms with Gasteiger partial charge >= 0.3 is 0 Å². The van der Waals surface area contributed by atoms with Crippen LogP contribution in [0, 0.1) is 6.92 Å². The molecule has 2 rings (SSSR count). The van der Waals surface area contributed by atoms with Crippen molar-refractivity contribution in [2.75, 3.05) is 6.54 Å². The van der Waals surface area contributed by atoms with Gasteiger partial charge in [-0.1, -0.05) is 24.6 Å². The number of nitrogens with one attached hydrogen (secondary N) is 1. The van der Waals surface area contributed by atoms with Crippen LogP contribution in [0.3, 0.4) is 0 Å². The monoisotopic (exact) mass is 277 g/mol. The van der Waals surface area contributed by atoms with E-state index in [1.54, 1.807) is 6.26 Å². The Balaban J connectivity index is 2.20. The minimum Gasteiger partial charge on any atom is -0.469 e. The van der Waals surface area contributed by atoms with Crippen molar-refractivity contribution in [3.63, 3.8) is 0 Å². The van der Waals surface area contributed by atoms with Crippen LogP contribution in [0.1, 0.15) is 36.3 Å². The smallest absolute Gasteiger partial charge is 0.105 e. The number of rotatable bonds is 6. The van der Waals surface area contributed by atoms with Crippen molar-refractivity contribution in [3.8, 4) is 0 Å². The fourth-order valence-electron chi connectivity index (χ4n) is 2.22. The van der Waals surface area contributed by atoms with E-state index in [4.69, 9.17) is 16.0 Å². The molecule has 0 bridgehead atoms. The van der Waals surface area contributed by atoms with E-state index in [0.717, 1.165) is 30.2 Å². The van der Waals surface area contributed by atoms with Crippen molar-refractivity contribution in [3.05, 3.63) is 58.5 Å². The van der Waals surface area contributed by atoms with Crippen molar-refractivity contribution in [2.24, 2.45) is 0 Å². The SMILES string of the molecule is CCCNC(Cc1ccco1)c1cc(C)cc(Cl)c1. The van der Waals surface area contributed by atoms with Gasteiger partial charge in [-0.2, -0.15) is 0 Å². The fourth-order valence-corrected chi connectivity index (χ4v) is 2.52. The summed E-state index contributed by atoms with van der Waals surface area (Å²) in [6, 6.07) is 10.4. The zero-order valence-corrected chi connectivity index (χ0v) is 12.2. The van der Waals surface area contributed by atoms with Crippen molar-refractivity contribution < 1.29 is 4.42 Å². The summed E-state index contributed by atoms with van der Waals surface area (Å²) >= 11 is 6.16. The summed E-state index contributed by atoms with van der Waals surface area (Å²) < 4.78 is 5.45. The van der Waals surface area contributed by atoms with Gasteiger partial charge in [0.25, 0.3) is 0 Å². The predicted octanol–water partition coefficient (Wildman–Crippen LogP) is 4.52. The van der Waals surface area contributed by atoms with Gasteiger partial charge in [-0.05, 0) is 55.3 Å². The summed E-state index contributed by atoms with van der Waals surface area (Å²) in [6.45, 7) is 5.22. The summed E-state index contributed by atoms with van der Waals surface area (Å²) in [5, 5.41) is 4.35. The molecular weight excluding hydrogens is 258 g/mol. The van der Waals surface area contributed by atoms with E-state index in [2.05, 4.69) is 25.2 Å². The summed E-state index contributed by atoms with van der Waals surface area (Å²) in [7, 11) is 0. The number of halogens is 1. The molecule has 3 heteroatoms. The lowest BCUT2D eigenvalue weighted by molar-refractivity contribution is 0.449. The molecule has 0 radical (unpaired) electrons. The van der Waals surface area contributed by atoms with Crippen LogP contribution in [0.4, 0.5) is 0 Å². The molecule has 0 aliphatic rings. The number of furan rings is 1. The molecule has 1 aromatic carbocycles. The molecule has 102 valence electrons. The van der Waals surface area contributed by atoms with Crippen LogP contribution in [0.5, 0.6) is 0 Å². The Bertz CT molecular complexity index is 487. The lowest BCUT2D eigenvalue weighted by atomic mass is 10.0. The first-order chi connectivity index (χ1) is 9.19. The molecule has 0 amide bonds. The van der Waals surface area contributed by atoms with Gasteiger partial charge < -0.3 is 9.73 Å². The average molecular weight is 278 g/mol. The third kappa shape index (κ3) is 4.12. The molecule has 1 heterocycles. The summed E-state index contributed by atoms with van der Waals surface area (Å²) in [5.74, 6) is 0.992. The number of hydrogen-bond acceptors (Lipinski definition) is 2. The number of aryl methyl sites for hydroxylation is 1. The number of hydrogen-bond donors (Lipinski definition) is 1. The second-order valence-electron chi connectivity index (χ2n) is 4.85. The van der Waals surface area contributed by atoms with E-state index in [9.17, 15) is 0 Å². The summed E-state index contributed by atoms with van der Waals surface area (Å²) in [4.78, 5) is 0. The second-order valence-corrected chi connectivity index (χ2v) is 5.29. The highest BCUT2D eigenvalue weighted by molar-refractivity contribution is 6.30. The van der Waals surface area contributed by atoms with Gasteiger partial charge in [-0.15, -0.1) is 0 Å². The molecule has 0 saturated carbocycles. The molecule has 1 atom stereocenters. The predicted molar refractivity (Wildman–Crippen MR) is 79.6 cm³/mol. The molecule has 19 heavy (non-hydrogen) atoms. The van der Waals surface area contributed by atoms with E-state index in [-0.39, 0.29) is 6.04 Å². The molecule has 1 aromatic heterocycles. The maximum absolute atomic E-state index is 6.16. The van der Waals surface area contributed by atoms with Gasteiger partial charge in [-0.25, -0.2) is 0 Å². The normalized spacial score (nSPS) is 12.6. The number of benzene rings is 1. The molecule has 0 saturated heterocycles. The fraction of sp³-hybridized carbons (Fsp3) is 0.375. The van der Waals surface area contributed by atoms with Crippen molar-refractivity contribution >= 4 is 11.6 Å². The molecule has 0 spiro atoms. The van der Waals surface area contributed by atoms with Crippen molar-refractivity contribution in [1.82, 2.24) is 5.32 Å². The lowest BCUT2D eigenvalue weighted by Gasteiger charge is -2.19. The Morgan fingerprint density at radius 2 is 2.16 bits per heavy atom. The van der Waals surface area contributed by atoms with Crippen LogP contribution in [-0.4, -0.2) is 6.54 Å². The molecule has 0 aliphatic carbocycles. The minimum absolute atomic E-state index is 0.239. The first kappa shape index (κ1) is 14.2. The van der Waals surface area contributed by atoms with Gasteiger partial charge in [0.05, 0.1) is 6.26 Å². The lowest BCUT2D eigenvalue weighted by Crippen LogP contribution is -2.24. The van der Waals surface area contributed by atoms with Gasteiger partial charge in [0.1, 0.15) is 5.76 Å². The third-order valence-corrected chi connectivity index (χ3v) is 3.31. The third-order valence-electron chi connectivity index (χ3n) is 3.09. The highest BCUT2D eigenvalue weighted by atomic mass is 35.5. The molecule has 0 aliphatic heterocycles. The Labute approximate surface area is 119 Å². The van der Waals surface area contributed by atoms with Gasteiger partial charge in [0.15, 0.2) is 0 Å². The average Bonchev–Trinajstić information content (AvgIpc) is 2.86. The maximum atomic E-state index is 6.16. The Morgan fingerprint density at radius 1 is 1.32 bits per heavy atom. The van der Waals surface area contributed by atoms with E-state index < -0.39 is 0 Å². The second kappa shape index (κ2) is 6.78. The highest BCUT2D eigenvalue weighted by Gasteiger charge is 2.14. The van der Waals surface area contributed by atoms with Crippen LogP contribution in [0.25, 0.3) is 0 Å². The van der Waals surface area contributed by atoms with E-state index in [1.807, 2.05) is 24.3 Å². The molecular formula is C16H20ClNO. The molecule has 1 unspecified atom stereocenters. The zero-order valence-electron chi connectivity index (χ0n) is 11.4. The van der Waals surface area contributed by atoms with Gasteiger partial charge in [0.2, 0.25) is 0 Å². The van der Waals surface area contributed by atoms with Gasteiger partial charge in [-0.3, -0.25) is 0 Å². The van der Waals surface area contributed by atoms with Crippen LogP contribution in [-0.2, 0) is 6.42 Å².